The zero-order valence-electron chi connectivity index (χ0n) is 12.6. The van der Waals surface area contributed by atoms with Gasteiger partial charge in [0.1, 0.15) is 0 Å². The van der Waals surface area contributed by atoms with Crippen molar-refractivity contribution in [2.75, 3.05) is 7.11 Å². The fourth-order valence-corrected chi connectivity index (χ4v) is 2.01. The van der Waals surface area contributed by atoms with Gasteiger partial charge < -0.3 is 14.0 Å². The van der Waals surface area contributed by atoms with Crippen molar-refractivity contribution < 1.29 is 14.0 Å². The van der Waals surface area contributed by atoms with Gasteiger partial charge in [0.2, 0.25) is 5.88 Å². The van der Waals surface area contributed by atoms with Crippen LogP contribution in [-0.4, -0.2) is 30.4 Å². The van der Waals surface area contributed by atoms with Crippen LogP contribution in [0.5, 0.6) is 5.88 Å². The van der Waals surface area contributed by atoms with Gasteiger partial charge in [-0.15, -0.1) is 0 Å². The maximum Gasteiger partial charge on any atom is 0.496 e. The number of ether oxygens (including phenoxy) is 1. The van der Waals surface area contributed by atoms with Gasteiger partial charge in [-0.2, -0.15) is 5.26 Å². The molecule has 20 heavy (non-hydrogen) atoms. The van der Waals surface area contributed by atoms with Crippen molar-refractivity contribution in [2.45, 2.75) is 45.3 Å². The minimum absolute atomic E-state index is 0.191. The molecular weight excluding hydrogens is 255 g/mol. The molecule has 1 aromatic heterocycles. The van der Waals surface area contributed by atoms with Crippen LogP contribution in [0.1, 0.15) is 33.4 Å². The second kappa shape index (κ2) is 5.08. The van der Waals surface area contributed by atoms with Crippen LogP contribution in [0.3, 0.4) is 0 Å². The molecule has 0 aromatic carbocycles. The third-order valence-corrected chi connectivity index (χ3v) is 3.95. The van der Waals surface area contributed by atoms with Crippen LogP contribution in [0.15, 0.2) is 12.1 Å². The molecule has 1 aliphatic heterocycles. The van der Waals surface area contributed by atoms with Crippen molar-refractivity contribution in [1.82, 2.24) is 4.98 Å². The smallest absolute Gasteiger partial charge is 0.481 e. The van der Waals surface area contributed by atoms with Gasteiger partial charge >= 0.3 is 7.12 Å². The lowest BCUT2D eigenvalue weighted by molar-refractivity contribution is 0.00578. The first kappa shape index (κ1) is 14.8. The highest BCUT2D eigenvalue weighted by atomic mass is 16.7. The summed E-state index contributed by atoms with van der Waals surface area (Å²) < 4.78 is 17.1. The summed E-state index contributed by atoms with van der Waals surface area (Å²) in [6.07, 6.45) is 0.191. The zero-order valence-corrected chi connectivity index (χ0v) is 12.6. The Bertz CT molecular complexity index is 536. The molecule has 0 bridgehead atoms. The lowest BCUT2D eigenvalue weighted by Gasteiger charge is -2.32. The van der Waals surface area contributed by atoms with Crippen molar-refractivity contribution in [3.05, 3.63) is 17.8 Å². The largest absolute Gasteiger partial charge is 0.496 e. The first-order chi connectivity index (χ1) is 9.30. The lowest BCUT2D eigenvalue weighted by atomic mass is 9.77. The molecule has 0 amide bonds. The van der Waals surface area contributed by atoms with E-state index >= 15 is 0 Å². The molecule has 1 saturated heterocycles. The Hall–Kier alpha value is -1.58. The molecule has 2 heterocycles. The number of hydrogen-bond acceptors (Lipinski definition) is 5. The third-order valence-electron chi connectivity index (χ3n) is 3.95. The highest BCUT2D eigenvalue weighted by Crippen LogP contribution is 2.36. The number of nitrogens with zero attached hydrogens (tertiary/aromatic N) is 2. The van der Waals surface area contributed by atoms with Gasteiger partial charge in [0.05, 0.1) is 36.5 Å². The molecule has 1 fully saturated rings. The van der Waals surface area contributed by atoms with E-state index in [1.807, 2.05) is 33.8 Å². The van der Waals surface area contributed by atoms with E-state index in [4.69, 9.17) is 19.3 Å². The summed E-state index contributed by atoms with van der Waals surface area (Å²) in [5.74, 6) is 0.482. The maximum atomic E-state index is 8.94. The van der Waals surface area contributed by atoms with E-state index in [9.17, 15) is 0 Å². The molecule has 0 aliphatic carbocycles. The van der Waals surface area contributed by atoms with Gasteiger partial charge in [-0.05, 0) is 33.8 Å². The Morgan fingerprint density at radius 2 is 1.85 bits per heavy atom. The highest BCUT2D eigenvalue weighted by Gasteiger charge is 2.52. The second-order valence-corrected chi connectivity index (χ2v) is 5.81. The van der Waals surface area contributed by atoms with Crippen LogP contribution in [0.4, 0.5) is 0 Å². The monoisotopic (exact) mass is 274 g/mol. The number of hydrogen-bond donors (Lipinski definition) is 0. The molecular formula is C14H19BN2O3. The predicted octanol–water partition coefficient (Wildman–Crippen LogP) is 1.46. The van der Waals surface area contributed by atoms with E-state index in [1.54, 1.807) is 13.2 Å². The van der Waals surface area contributed by atoms with E-state index in [2.05, 4.69) is 11.1 Å². The average molecular weight is 274 g/mol. The Balaban J connectivity index is 2.37. The van der Waals surface area contributed by atoms with Crippen LogP contribution in [0, 0.1) is 11.3 Å². The van der Waals surface area contributed by atoms with Gasteiger partial charge in [-0.3, -0.25) is 0 Å². The first-order valence-electron chi connectivity index (χ1n) is 6.57. The Morgan fingerprint density at radius 1 is 1.25 bits per heavy atom. The normalized spacial score (nSPS) is 19.7. The van der Waals surface area contributed by atoms with Crippen LogP contribution in [0.25, 0.3) is 0 Å². The Labute approximate surface area is 120 Å². The summed E-state index contributed by atoms with van der Waals surface area (Å²) in [5.41, 5.74) is 0.583. The van der Waals surface area contributed by atoms with Crippen molar-refractivity contribution in [3.63, 3.8) is 0 Å². The molecule has 0 atom stereocenters. The first-order valence-corrected chi connectivity index (χ1v) is 6.57. The molecule has 1 aromatic rings. The van der Waals surface area contributed by atoms with Crippen LogP contribution in [-0.2, 0) is 15.7 Å². The quantitative estimate of drug-likeness (QED) is 0.781. The third kappa shape index (κ3) is 2.51. The highest BCUT2D eigenvalue weighted by molar-refractivity contribution is 6.62. The van der Waals surface area contributed by atoms with Gasteiger partial charge in [0, 0.05) is 5.46 Å². The fourth-order valence-electron chi connectivity index (χ4n) is 2.01. The zero-order chi connectivity index (χ0) is 15.0. The molecule has 0 N–H and O–H groups in total. The molecule has 0 spiro atoms. The molecule has 0 unspecified atom stereocenters. The van der Waals surface area contributed by atoms with Crippen LogP contribution < -0.4 is 10.2 Å². The number of aromatic nitrogens is 1. The maximum absolute atomic E-state index is 8.94. The van der Waals surface area contributed by atoms with E-state index in [0.29, 0.717) is 11.6 Å². The number of nitriles is 1. The summed E-state index contributed by atoms with van der Waals surface area (Å²) in [4.78, 5) is 4.32. The van der Waals surface area contributed by atoms with Crippen LogP contribution in [0.2, 0.25) is 0 Å². The molecule has 106 valence electrons. The van der Waals surface area contributed by atoms with Crippen molar-refractivity contribution in [2.24, 2.45) is 0 Å². The number of pyridine rings is 1. The van der Waals surface area contributed by atoms with Crippen molar-refractivity contribution in [1.29, 1.82) is 5.26 Å². The van der Waals surface area contributed by atoms with Gasteiger partial charge in [-0.1, -0.05) is 6.07 Å². The van der Waals surface area contributed by atoms with Gasteiger partial charge in [-0.25, -0.2) is 4.98 Å². The summed E-state index contributed by atoms with van der Waals surface area (Å²) in [6.45, 7) is 7.98. The van der Waals surface area contributed by atoms with Crippen molar-refractivity contribution in [3.8, 4) is 11.9 Å². The second-order valence-electron chi connectivity index (χ2n) is 5.81. The van der Waals surface area contributed by atoms with Gasteiger partial charge in [0.25, 0.3) is 0 Å². The van der Waals surface area contributed by atoms with Crippen molar-refractivity contribution >= 4 is 12.6 Å². The number of rotatable bonds is 3. The lowest BCUT2D eigenvalue weighted by Crippen LogP contribution is -2.41. The summed E-state index contributed by atoms with van der Waals surface area (Å²) in [5, 5.41) is 8.94. The van der Waals surface area contributed by atoms with E-state index in [1.165, 1.54) is 0 Å². The molecule has 2 rings (SSSR count). The SMILES string of the molecule is COc1ccc(B2OC(C)(C)C(C)(C)O2)c(CC#N)n1. The van der Waals surface area contributed by atoms with E-state index in [-0.39, 0.29) is 6.42 Å². The van der Waals surface area contributed by atoms with Crippen LogP contribution >= 0.6 is 0 Å². The molecule has 0 radical (unpaired) electrons. The molecule has 6 heteroatoms. The standard InChI is InChI=1S/C14H19BN2O3/c1-13(2)14(3,4)20-15(19-13)10-6-7-12(18-5)17-11(10)8-9-16/h6-7H,8H2,1-5H3. The van der Waals surface area contributed by atoms with E-state index in [0.717, 1.165) is 5.46 Å². The summed E-state index contributed by atoms with van der Waals surface area (Å²) in [6, 6.07) is 5.71. The minimum Gasteiger partial charge on any atom is -0.481 e. The van der Waals surface area contributed by atoms with Gasteiger partial charge in [0.15, 0.2) is 0 Å². The minimum atomic E-state index is -0.512. The molecule has 5 nitrogen and oxygen atoms in total. The Morgan fingerprint density at radius 3 is 2.35 bits per heavy atom. The summed E-state index contributed by atoms with van der Waals surface area (Å²) >= 11 is 0. The number of methoxy groups -OCH3 is 1. The molecule has 0 saturated carbocycles. The topological polar surface area (TPSA) is 64.4 Å². The van der Waals surface area contributed by atoms with E-state index < -0.39 is 18.3 Å². The average Bonchev–Trinajstić information content (AvgIpc) is 2.58. The summed E-state index contributed by atoms with van der Waals surface area (Å²) in [7, 11) is 1.04. The Kier molecular flexibility index (Phi) is 3.76. The molecule has 1 aliphatic rings. The predicted molar refractivity (Wildman–Crippen MR) is 75.8 cm³/mol. The fraction of sp³-hybridized carbons (Fsp3) is 0.571.